The largest absolute Gasteiger partial charge is 0.481 e. The molecule has 174 valence electrons. The molecule has 0 saturated carbocycles. The second-order valence-corrected chi connectivity index (χ2v) is 7.91. The van der Waals surface area contributed by atoms with E-state index in [0.29, 0.717) is 12.2 Å². The molecule has 0 unspecified atom stereocenters. The Morgan fingerprint density at radius 3 is 2.21 bits per heavy atom. The minimum absolute atomic E-state index is 0.0397. The monoisotopic (exact) mass is 459 g/mol. The molecule has 0 saturated heterocycles. The summed E-state index contributed by atoms with van der Waals surface area (Å²) in [6.45, 7) is 2.44. The fourth-order valence-electron chi connectivity index (χ4n) is 4.14. The van der Waals surface area contributed by atoms with Crippen LogP contribution in [-0.2, 0) is 9.53 Å². The highest BCUT2D eigenvalue weighted by Crippen LogP contribution is 2.44. The minimum Gasteiger partial charge on any atom is -0.481 e. The Balaban J connectivity index is 1.36. The van der Waals surface area contributed by atoms with Crippen molar-refractivity contribution in [2.45, 2.75) is 19.3 Å². The normalized spacial score (nSPS) is 11.9. The first kappa shape index (κ1) is 23.0. The summed E-state index contributed by atoms with van der Waals surface area (Å²) >= 11 is 0. The molecule has 0 radical (unpaired) electrons. The van der Waals surface area contributed by atoms with Crippen molar-refractivity contribution in [2.75, 3.05) is 25.0 Å². The van der Waals surface area contributed by atoms with Crippen LogP contribution in [0.3, 0.4) is 0 Å². The van der Waals surface area contributed by atoms with Gasteiger partial charge in [0.05, 0.1) is 18.3 Å². The van der Waals surface area contributed by atoms with E-state index in [1.807, 2.05) is 24.3 Å². The highest BCUT2D eigenvalue weighted by atomic mass is 16.5. The van der Waals surface area contributed by atoms with Crippen LogP contribution in [0.1, 0.15) is 40.9 Å². The number of benzene rings is 2. The van der Waals surface area contributed by atoms with Crippen molar-refractivity contribution in [3.63, 3.8) is 0 Å². The van der Waals surface area contributed by atoms with Crippen LogP contribution in [0.4, 0.5) is 10.5 Å². The first-order valence-electron chi connectivity index (χ1n) is 11.1. The number of carboxylic acids is 1. The SMILES string of the molecule is CCN(CCC(=O)O)C(=O)c1ccc(NC(=O)OCC2c3ccccc3-c3ccccc32)cn1. The summed E-state index contributed by atoms with van der Waals surface area (Å²) < 4.78 is 5.52. The number of pyridine rings is 1. The zero-order valence-electron chi connectivity index (χ0n) is 18.7. The number of anilines is 1. The molecule has 0 aliphatic heterocycles. The number of fused-ring (bicyclic) bond motifs is 3. The van der Waals surface area contributed by atoms with Crippen molar-refractivity contribution >= 4 is 23.7 Å². The second-order valence-electron chi connectivity index (χ2n) is 7.91. The minimum atomic E-state index is -0.971. The average Bonchev–Trinajstić information content (AvgIpc) is 3.17. The van der Waals surface area contributed by atoms with E-state index in [2.05, 4.69) is 34.6 Å². The molecule has 8 nitrogen and oxygen atoms in total. The van der Waals surface area contributed by atoms with Crippen LogP contribution >= 0.6 is 0 Å². The van der Waals surface area contributed by atoms with Gasteiger partial charge >= 0.3 is 12.1 Å². The van der Waals surface area contributed by atoms with E-state index in [1.165, 1.54) is 17.2 Å². The summed E-state index contributed by atoms with van der Waals surface area (Å²) in [5.41, 5.74) is 5.13. The van der Waals surface area contributed by atoms with Gasteiger partial charge in [0.2, 0.25) is 0 Å². The molecule has 1 aromatic heterocycles. The maximum Gasteiger partial charge on any atom is 0.411 e. The van der Waals surface area contributed by atoms with Crippen LogP contribution in [0.5, 0.6) is 0 Å². The van der Waals surface area contributed by atoms with Crippen LogP contribution in [0.2, 0.25) is 0 Å². The van der Waals surface area contributed by atoms with Gasteiger partial charge in [-0.3, -0.25) is 14.9 Å². The van der Waals surface area contributed by atoms with Gasteiger partial charge in [0, 0.05) is 19.0 Å². The molecule has 1 aliphatic rings. The van der Waals surface area contributed by atoms with Gasteiger partial charge in [-0.1, -0.05) is 48.5 Å². The molecule has 0 atom stereocenters. The number of nitrogens with zero attached hydrogens (tertiary/aromatic N) is 2. The zero-order valence-corrected chi connectivity index (χ0v) is 18.7. The Morgan fingerprint density at radius 1 is 1.00 bits per heavy atom. The number of hydrogen-bond donors (Lipinski definition) is 2. The lowest BCUT2D eigenvalue weighted by molar-refractivity contribution is -0.137. The van der Waals surface area contributed by atoms with Gasteiger partial charge in [-0.15, -0.1) is 0 Å². The topological polar surface area (TPSA) is 109 Å². The molecule has 1 aliphatic carbocycles. The van der Waals surface area contributed by atoms with Gasteiger partial charge in [-0.2, -0.15) is 0 Å². The number of carbonyl (C=O) groups is 3. The predicted molar refractivity (Wildman–Crippen MR) is 127 cm³/mol. The van der Waals surface area contributed by atoms with Gasteiger partial charge in [-0.25, -0.2) is 9.78 Å². The van der Waals surface area contributed by atoms with Gasteiger partial charge in [0.25, 0.3) is 5.91 Å². The van der Waals surface area contributed by atoms with E-state index < -0.39 is 12.1 Å². The van der Waals surface area contributed by atoms with Gasteiger partial charge < -0.3 is 14.7 Å². The number of aliphatic carboxylic acids is 1. The number of hydrogen-bond acceptors (Lipinski definition) is 5. The quantitative estimate of drug-likeness (QED) is 0.518. The van der Waals surface area contributed by atoms with Crippen LogP contribution in [-0.4, -0.2) is 52.7 Å². The lowest BCUT2D eigenvalue weighted by Gasteiger charge is -2.19. The molecule has 1 heterocycles. The Bertz CT molecular complexity index is 1160. The fraction of sp³-hybridized carbons (Fsp3) is 0.231. The van der Waals surface area contributed by atoms with Crippen LogP contribution < -0.4 is 5.32 Å². The molecule has 2 aromatic carbocycles. The van der Waals surface area contributed by atoms with E-state index >= 15 is 0 Å². The van der Waals surface area contributed by atoms with Crippen molar-refractivity contribution in [1.29, 1.82) is 0 Å². The first-order chi connectivity index (χ1) is 16.5. The van der Waals surface area contributed by atoms with Crippen molar-refractivity contribution in [3.8, 4) is 11.1 Å². The van der Waals surface area contributed by atoms with Crippen molar-refractivity contribution in [1.82, 2.24) is 9.88 Å². The third-order valence-electron chi connectivity index (χ3n) is 5.84. The van der Waals surface area contributed by atoms with Crippen molar-refractivity contribution in [3.05, 3.63) is 83.7 Å². The summed E-state index contributed by atoms with van der Waals surface area (Å²) in [6.07, 6.45) is 0.625. The van der Waals surface area contributed by atoms with Crippen LogP contribution in [0.25, 0.3) is 11.1 Å². The van der Waals surface area contributed by atoms with Crippen molar-refractivity contribution < 1.29 is 24.2 Å². The molecule has 34 heavy (non-hydrogen) atoms. The summed E-state index contributed by atoms with van der Waals surface area (Å²) in [5, 5.41) is 11.5. The highest BCUT2D eigenvalue weighted by Gasteiger charge is 2.29. The zero-order chi connectivity index (χ0) is 24.1. The van der Waals surface area contributed by atoms with E-state index in [1.54, 1.807) is 13.0 Å². The van der Waals surface area contributed by atoms with E-state index in [9.17, 15) is 14.4 Å². The van der Waals surface area contributed by atoms with Gasteiger partial charge in [0.15, 0.2) is 0 Å². The number of ether oxygens (including phenoxy) is 1. The summed E-state index contributed by atoms with van der Waals surface area (Å²) in [4.78, 5) is 41.3. The standard InChI is InChI=1S/C26H25N3O5/c1-2-29(14-13-24(30)31)25(32)23-12-11-17(15-27-23)28-26(33)34-16-22-20-9-5-3-7-18(20)19-8-4-6-10-21(19)22/h3-12,15,22H,2,13-14,16H2,1H3,(H,28,33)(H,30,31). The third-order valence-corrected chi connectivity index (χ3v) is 5.84. The number of carbonyl (C=O) groups excluding carboxylic acids is 2. The van der Waals surface area contributed by atoms with Gasteiger partial charge in [-0.05, 0) is 41.3 Å². The number of rotatable bonds is 8. The molecule has 4 rings (SSSR count). The van der Waals surface area contributed by atoms with Crippen LogP contribution in [0, 0.1) is 0 Å². The van der Waals surface area contributed by atoms with E-state index in [4.69, 9.17) is 9.84 Å². The summed E-state index contributed by atoms with van der Waals surface area (Å²) in [6, 6.07) is 19.3. The highest BCUT2D eigenvalue weighted by molar-refractivity contribution is 5.93. The Morgan fingerprint density at radius 2 is 1.65 bits per heavy atom. The molecule has 0 fully saturated rings. The second kappa shape index (κ2) is 10.2. The molecule has 8 heteroatoms. The molecule has 2 amide bonds. The number of nitrogens with one attached hydrogen (secondary N) is 1. The predicted octanol–water partition coefficient (Wildman–Crippen LogP) is 4.38. The summed E-state index contributed by atoms with van der Waals surface area (Å²) in [5.74, 6) is -1.37. The lowest BCUT2D eigenvalue weighted by Crippen LogP contribution is -2.33. The Hall–Kier alpha value is -4.20. The number of carboxylic acid groups (broad SMARTS) is 1. The lowest BCUT2D eigenvalue weighted by atomic mass is 9.98. The number of aromatic nitrogens is 1. The van der Waals surface area contributed by atoms with Crippen molar-refractivity contribution in [2.24, 2.45) is 0 Å². The van der Waals surface area contributed by atoms with Gasteiger partial charge in [0.1, 0.15) is 12.3 Å². The smallest absolute Gasteiger partial charge is 0.411 e. The first-order valence-corrected chi connectivity index (χ1v) is 11.1. The maximum absolute atomic E-state index is 12.5. The molecule has 0 spiro atoms. The third kappa shape index (κ3) is 4.91. The van der Waals surface area contributed by atoms with E-state index in [-0.39, 0.29) is 37.1 Å². The Kier molecular flexibility index (Phi) is 6.87. The average molecular weight is 460 g/mol. The number of amides is 2. The molecular weight excluding hydrogens is 434 g/mol. The summed E-state index contributed by atoms with van der Waals surface area (Å²) in [7, 11) is 0. The maximum atomic E-state index is 12.5. The molecule has 0 bridgehead atoms. The van der Waals surface area contributed by atoms with E-state index in [0.717, 1.165) is 22.3 Å². The molecule has 3 aromatic rings. The van der Waals surface area contributed by atoms with Crippen LogP contribution in [0.15, 0.2) is 66.9 Å². The molecule has 2 N–H and O–H groups in total. The Labute approximate surface area is 197 Å². The fourth-order valence-corrected chi connectivity index (χ4v) is 4.14. The molecular formula is C26H25N3O5.